The average Bonchev–Trinajstić information content (AvgIpc) is 2.12. The number of anilines is 1. The normalized spacial score (nSPS) is 18.7. The molecule has 0 aliphatic heterocycles. The molecule has 1 aromatic heterocycles. The molecule has 3 heteroatoms. The molecule has 2 N–H and O–H groups in total. The van der Waals surface area contributed by atoms with Gasteiger partial charge in [0.25, 0.3) is 0 Å². The van der Waals surface area contributed by atoms with Crippen LogP contribution in [0.25, 0.3) is 0 Å². The highest BCUT2D eigenvalue weighted by molar-refractivity contribution is 5.43. The van der Waals surface area contributed by atoms with Gasteiger partial charge in [0.1, 0.15) is 0 Å². The minimum absolute atomic E-state index is 0.461. The van der Waals surface area contributed by atoms with Crippen LogP contribution in [-0.4, -0.2) is 22.2 Å². The zero-order valence-corrected chi connectivity index (χ0v) is 8.45. The quantitative estimate of drug-likeness (QED) is 0.766. The predicted octanol–water partition coefficient (Wildman–Crippen LogP) is 1.72. The highest BCUT2D eigenvalue weighted by Crippen LogP contribution is 2.31. The number of aliphatic hydroxyl groups is 1. The van der Waals surface area contributed by atoms with Crippen molar-refractivity contribution in [3.8, 4) is 0 Å². The summed E-state index contributed by atoms with van der Waals surface area (Å²) in [6, 6.07) is 3.91. The van der Waals surface area contributed by atoms with Gasteiger partial charge < -0.3 is 10.4 Å². The van der Waals surface area contributed by atoms with Crippen LogP contribution in [0.2, 0.25) is 0 Å². The molecule has 0 amide bonds. The third kappa shape index (κ3) is 2.04. The van der Waals surface area contributed by atoms with Crippen LogP contribution < -0.4 is 5.32 Å². The van der Waals surface area contributed by atoms with Gasteiger partial charge in [0, 0.05) is 24.1 Å². The zero-order chi connectivity index (χ0) is 10.0. The maximum absolute atomic E-state index is 9.86. The molecule has 0 unspecified atom stereocenters. The van der Waals surface area contributed by atoms with Crippen LogP contribution >= 0.6 is 0 Å². The van der Waals surface area contributed by atoms with Gasteiger partial charge in [-0.15, -0.1) is 0 Å². The van der Waals surface area contributed by atoms with Gasteiger partial charge >= 0.3 is 0 Å². The van der Waals surface area contributed by atoms with Crippen molar-refractivity contribution in [2.24, 2.45) is 0 Å². The van der Waals surface area contributed by atoms with Gasteiger partial charge in [0.15, 0.2) is 0 Å². The Kier molecular flexibility index (Phi) is 2.42. The zero-order valence-electron chi connectivity index (χ0n) is 8.45. The molecule has 0 radical (unpaired) electrons. The highest BCUT2D eigenvalue weighted by atomic mass is 16.3. The molecule has 0 spiro atoms. The molecule has 14 heavy (non-hydrogen) atoms. The molecule has 1 saturated carbocycles. The summed E-state index contributed by atoms with van der Waals surface area (Å²) in [6.45, 7) is 2.61. The van der Waals surface area contributed by atoms with Crippen molar-refractivity contribution in [2.75, 3.05) is 11.9 Å². The summed E-state index contributed by atoms with van der Waals surface area (Å²) in [5, 5.41) is 13.1. The van der Waals surface area contributed by atoms with Crippen molar-refractivity contribution in [3.05, 3.63) is 24.0 Å². The molecular weight excluding hydrogens is 176 g/mol. The molecule has 2 rings (SSSR count). The van der Waals surface area contributed by atoms with E-state index >= 15 is 0 Å². The first-order chi connectivity index (χ1) is 6.68. The van der Waals surface area contributed by atoms with Crippen LogP contribution in [0.4, 0.5) is 5.69 Å². The SMILES string of the molecule is Cc1cc(NCC2(O)CCC2)ccn1. The lowest BCUT2D eigenvalue weighted by Crippen LogP contribution is -2.43. The van der Waals surface area contributed by atoms with E-state index in [-0.39, 0.29) is 0 Å². The van der Waals surface area contributed by atoms with Crippen molar-refractivity contribution in [3.63, 3.8) is 0 Å². The van der Waals surface area contributed by atoms with Gasteiger partial charge in [-0.25, -0.2) is 0 Å². The summed E-state index contributed by atoms with van der Waals surface area (Å²) in [5.74, 6) is 0. The Hall–Kier alpha value is -1.09. The molecule has 1 heterocycles. The Morgan fingerprint density at radius 1 is 1.57 bits per heavy atom. The van der Waals surface area contributed by atoms with Crippen LogP contribution in [0.5, 0.6) is 0 Å². The maximum Gasteiger partial charge on any atom is 0.0819 e. The Balaban J connectivity index is 1.91. The molecule has 0 aromatic carbocycles. The van der Waals surface area contributed by atoms with Gasteiger partial charge in [0.05, 0.1) is 5.60 Å². The fourth-order valence-corrected chi connectivity index (χ4v) is 1.68. The van der Waals surface area contributed by atoms with Gasteiger partial charge in [-0.2, -0.15) is 0 Å². The summed E-state index contributed by atoms with van der Waals surface area (Å²) in [5.41, 5.74) is 1.57. The van der Waals surface area contributed by atoms with E-state index in [0.717, 1.165) is 30.6 Å². The third-order valence-electron chi connectivity index (χ3n) is 2.80. The number of nitrogens with zero attached hydrogens (tertiary/aromatic N) is 1. The van der Waals surface area contributed by atoms with E-state index in [4.69, 9.17) is 0 Å². The van der Waals surface area contributed by atoms with Crippen molar-refractivity contribution < 1.29 is 5.11 Å². The first-order valence-corrected chi connectivity index (χ1v) is 5.07. The lowest BCUT2D eigenvalue weighted by Gasteiger charge is -2.36. The second-order valence-electron chi connectivity index (χ2n) is 4.12. The highest BCUT2D eigenvalue weighted by Gasteiger charge is 2.33. The lowest BCUT2D eigenvalue weighted by atomic mass is 9.80. The minimum Gasteiger partial charge on any atom is -0.388 e. The Morgan fingerprint density at radius 3 is 2.93 bits per heavy atom. The van der Waals surface area contributed by atoms with E-state index in [1.54, 1.807) is 6.20 Å². The monoisotopic (exact) mass is 192 g/mol. The summed E-state index contributed by atoms with van der Waals surface area (Å²) < 4.78 is 0. The number of hydrogen-bond donors (Lipinski definition) is 2. The summed E-state index contributed by atoms with van der Waals surface area (Å²) >= 11 is 0. The fourth-order valence-electron chi connectivity index (χ4n) is 1.68. The van der Waals surface area contributed by atoms with Crippen molar-refractivity contribution >= 4 is 5.69 Å². The molecule has 1 aliphatic carbocycles. The van der Waals surface area contributed by atoms with Crippen LogP contribution in [0, 0.1) is 6.92 Å². The second kappa shape index (κ2) is 3.58. The van der Waals surface area contributed by atoms with E-state index in [1.165, 1.54) is 0 Å². The third-order valence-corrected chi connectivity index (χ3v) is 2.80. The second-order valence-corrected chi connectivity index (χ2v) is 4.12. The number of aryl methyl sites for hydroxylation is 1. The first-order valence-electron chi connectivity index (χ1n) is 5.07. The number of aromatic nitrogens is 1. The molecule has 3 nitrogen and oxygen atoms in total. The van der Waals surface area contributed by atoms with Crippen LogP contribution in [0.15, 0.2) is 18.3 Å². The smallest absolute Gasteiger partial charge is 0.0819 e. The molecule has 1 fully saturated rings. The Morgan fingerprint density at radius 2 is 2.36 bits per heavy atom. The number of hydrogen-bond acceptors (Lipinski definition) is 3. The summed E-state index contributed by atoms with van der Waals surface area (Å²) in [4.78, 5) is 4.12. The topological polar surface area (TPSA) is 45.1 Å². The first kappa shape index (κ1) is 9.46. The molecule has 0 saturated heterocycles. The van der Waals surface area contributed by atoms with Gasteiger partial charge in [-0.05, 0) is 38.3 Å². The van der Waals surface area contributed by atoms with Crippen molar-refractivity contribution in [1.82, 2.24) is 4.98 Å². The minimum atomic E-state index is -0.461. The standard InChI is InChI=1S/C11H16N2O/c1-9-7-10(3-6-12-9)13-8-11(14)4-2-5-11/h3,6-7,14H,2,4-5,8H2,1H3,(H,12,13). The van der Waals surface area contributed by atoms with Gasteiger partial charge in [-0.1, -0.05) is 0 Å². The van der Waals surface area contributed by atoms with E-state index in [9.17, 15) is 5.11 Å². The van der Waals surface area contributed by atoms with Crippen LogP contribution in [0.3, 0.4) is 0 Å². The summed E-state index contributed by atoms with van der Waals surface area (Å²) in [7, 11) is 0. The average molecular weight is 192 g/mol. The van der Waals surface area contributed by atoms with E-state index < -0.39 is 5.60 Å². The van der Waals surface area contributed by atoms with Crippen molar-refractivity contribution in [1.29, 1.82) is 0 Å². The van der Waals surface area contributed by atoms with E-state index in [0.29, 0.717) is 6.54 Å². The van der Waals surface area contributed by atoms with Crippen LogP contribution in [0.1, 0.15) is 25.0 Å². The maximum atomic E-state index is 9.86. The molecule has 76 valence electrons. The van der Waals surface area contributed by atoms with E-state index in [2.05, 4.69) is 10.3 Å². The molecular formula is C11H16N2O. The predicted molar refractivity (Wildman–Crippen MR) is 56.3 cm³/mol. The van der Waals surface area contributed by atoms with Crippen molar-refractivity contribution in [2.45, 2.75) is 31.8 Å². The number of nitrogens with one attached hydrogen (secondary N) is 1. The number of rotatable bonds is 3. The van der Waals surface area contributed by atoms with Gasteiger partial charge in [-0.3, -0.25) is 4.98 Å². The molecule has 0 bridgehead atoms. The van der Waals surface area contributed by atoms with E-state index in [1.807, 2.05) is 19.1 Å². The molecule has 1 aromatic rings. The fraction of sp³-hybridized carbons (Fsp3) is 0.545. The Bertz CT molecular complexity index is 321. The number of pyridine rings is 1. The largest absolute Gasteiger partial charge is 0.388 e. The molecule has 1 aliphatic rings. The van der Waals surface area contributed by atoms with Gasteiger partial charge in [0.2, 0.25) is 0 Å². The summed E-state index contributed by atoms with van der Waals surface area (Å²) in [6.07, 6.45) is 4.77. The van der Waals surface area contributed by atoms with Crippen LogP contribution in [-0.2, 0) is 0 Å². The lowest BCUT2D eigenvalue weighted by molar-refractivity contribution is -0.0201. The molecule has 0 atom stereocenters. The Labute approximate surface area is 84.2 Å².